The summed E-state index contributed by atoms with van der Waals surface area (Å²) in [6.45, 7) is 0. The topological polar surface area (TPSA) is 54.5 Å². The van der Waals surface area contributed by atoms with Crippen LogP contribution in [0.1, 0.15) is 0 Å². The van der Waals surface area contributed by atoms with Crippen LogP contribution >= 0.6 is 0 Å². The largest absolute Gasteiger partial charge is 0.345 e. The van der Waals surface area contributed by atoms with E-state index in [0.717, 1.165) is 16.6 Å². The fraction of sp³-hybridized carbons (Fsp3) is 0. The lowest BCUT2D eigenvalue weighted by atomic mass is 10.2. The number of aromatic nitrogens is 4. The first-order valence-electron chi connectivity index (χ1n) is 4.57. The SMILES string of the molecule is [c]1ccnc(-c2c[nH]c3ncccc23)n1. The molecule has 0 saturated carbocycles. The van der Waals surface area contributed by atoms with E-state index in [4.69, 9.17) is 0 Å². The molecule has 71 valence electrons. The van der Waals surface area contributed by atoms with Crippen molar-refractivity contribution >= 4 is 11.0 Å². The molecule has 0 bridgehead atoms. The van der Waals surface area contributed by atoms with Crippen molar-refractivity contribution < 1.29 is 0 Å². The van der Waals surface area contributed by atoms with E-state index >= 15 is 0 Å². The smallest absolute Gasteiger partial charge is 0.162 e. The molecule has 0 aliphatic heterocycles. The van der Waals surface area contributed by atoms with Gasteiger partial charge < -0.3 is 4.98 Å². The summed E-state index contributed by atoms with van der Waals surface area (Å²) in [7, 11) is 0. The van der Waals surface area contributed by atoms with Crippen molar-refractivity contribution in [2.45, 2.75) is 0 Å². The van der Waals surface area contributed by atoms with Crippen LogP contribution in [0.5, 0.6) is 0 Å². The van der Waals surface area contributed by atoms with Crippen LogP contribution in [-0.2, 0) is 0 Å². The number of pyridine rings is 1. The van der Waals surface area contributed by atoms with Crippen molar-refractivity contribution in [2.75, 3.05) is 0 Å². The summed E-state index contributed by atoms with van der Waals surface area (Å²) in [6.07, 6.45) is 8.06. The van der Waals surface area contributed by atoms with Gasteiger partial charge in [-0.15, -0.1) is 0 Å². The highest BCUT2D eigenvalue weighted by atomic mass is 14.9. The number of hydrogen-bond acceptors (Lipinski definition) is 3. The van der Waals surface area contributed by atoms with Gasteiger partial charge in [-0.2, -0.15) is 0 Å². The molecule has 0 atom stereocenters. The Labute approximate surface area is 86.0 Å². The number of nitrogens with one attached hydrogen (secondary N) is 1. The van der Waals surface area contributed by atoms with Gasteiger partial charge >= 0.3 is 0 Å². The van der Waals surface area contributed by atoms with Gasteiger partial charge in [-0.3, -0.25) is 0 Å². The minimum absolute atomic E-state index is 0.664. The van der Waals surface area contributed by atoms with Crippen LogP contribution in [0.3, 0.4) is 0 Å². The summed E-state index contributed by atoms with van der Waals surface area (Å²) >= 11 is 0. The second-order valence-electron chi connectivity index (χ2n) is 3.11. The van der Waals surface area contributed by atoms with Crippen LogP contribution in [0.15, 0.2) is 36.8 Å². The normalized spacial score (nSPS) is 10.7. The average molecular weight is 195 g/mol. The first-order valence-corrected chi connectivity index (χ1v) is 4.57. The fourth-order valence-electron chi connectivity index (χ4n) is 1.54. The molecule has 3 heterocycles. The van der Waals surface area contributed by atoms with Gasteiger partial charge in [0.2, 0.25) is 0 Å². The second kappa shape index (κ2) is 3.16. The molecule has 0 aliphatic carbocycles. The summed E-state index contributed by atoms with van der Waals surface area (Å²) < 4.78 is 0. The first kappa shape index (κ1) is 8.11. The van der Waals surface area contributed by atoms with Crippen molar-refractivity contribution in [1.82, 2.24) is 19.9 Å². The Morgan fingerprint density at radius 3 is 3.07 bits per heavy atom. The molecule has 0 amide bonds. The maximum atomic E-state index is 4.21. The van der Waals surface area contributed by atoms with Crippen LogP contribution < -0.4 is 0 Å². The lowest BCUT2D eigenvalue weighted by molar-refractivity contribution is 1.17. The van der Waals surface area contributed by atoms with E-state index in [1.165, 1.54) is 0 Å². The minimum Gasteiger partial charge on any atom is -0.345 e. The van der Waals surface area contributed by atoms with E-state index in [-0.39, 0.29) is 0 Å². The Hall–Kier alpha value is -2.23. The summed E-state index contributed by atoms with van der Waals surface area (Å²) in [5, 5.41) is 1.03. The first-order chi connectivity index (χ1) is 7.45. The van der Waals surface area contributed by atoms with E-state index in [0.29, 0.717) is 5.82 Å². The van der Waals surface area contributed by atoms with Crippen LogP contribution in [0.4, 0.5) is 0 Å². The molecule has 0 saturated heterocycles. The third-order valence-corrected chi connectivity index (χ3v) is 2.21. The molecule has 0 spiro atoms. The summed E-state index contributed by atoms with van der Waals surface area (Å²) in [5.74, 6) is 0.664. The molecule has 0 aliphatic rings. The van der Waals surface area contributed by atoms with Crippen molar-refractivity contribution in [3.05, 3.63) is 43.0 Å². The Morgan fingerprint density at radius 2 is 2.20 bits per heavy atom. The number of aromatic amines is 1. The molecule has 4 nitrogen and oxygen atoms in total. The van der Waals surface area contributed by atoms with E-state index < -0.39 is 0 Å². The van der Waals surface area contributed by atoms with Gasteiger partial charge in [0, 0.05) is 29.5 Å². The van der Waals surface area contributed by atoms with Gasteiger partial charge in [-0.1, -0.05) is 0 Å². The molecule has 4 heteroatoms. The Kier molecular flexibility index (Phi) is 1.71. The monoisotopic (exact) mass is 195 g/mol. The highest BCUT2D eigenvalue weighted by Crippen LogP contribution is 2.23. The molecular weight excluding hydrogens is 188 g/mol. The van der Waals surface area contributed by atoms with Gasteiger partial charge in [0.25, 0.3) is 0 Å². The summed E-state index contributed by atoms with van der Waals surface area (Å²) in [6, 6.07) is 5.56. The molecule has 0 fully saturated rings. The second-order valence-corrected chi connectivity index (χ2v) is 3.11. The average Bonchev–Trinajstić information content (AvgIpc) is 2.74. The van der Waals surface area contributed by atoms with Crippen molar-refractivity contribution in [1.29, 1.82) is 0 Å². The predicted molar refractivity (Wildman–Crippen MR) is 56.0 cm³/mol. The van der Waals surface area contributed by atoms with Gasteiger partial charge in [-0.05, 0) is 18.2 Å². The Morgan fingerprint density at radius 1 is 1.20 bits per heavy atom. The van der Waals surface area contributed by atoms with E-state index in [2.05, 4.69) is 26.1 Å². The molecule has 0 aromatic carbocycles. The Balaban J connectivity index is 2.28. The minimum atomic E-state index is 0.664. The predicted octanol–water partition coefficient (Wildman–Crippen LogP) is 1.82. The molecule has 3 rings (SSSR count). The maximum Gasteiger partial charge on any atom is 0.162 e. The number of rotatable bonds is 1. The van der Waals surface area contributed by atoms with Crippen LogP contribution in [0.2, 0.25) is 0 Å². The molecule has 3 aromatic rings. The quantitative estimate of drug-likeness (QED) is 0.644. The zero-order valence-corrected chi connectivity index (χ0v) is 7.81. The molecule has 15 heavy (non-hydrogen) atoms. The van der Waals surface area contributed by atoms with E-state index in [1.807, 2.05) is 18.3 Å². The number of fused-ring (bicyclic) bond motifs is 1. The lowest BCUT2D eigenvalue weighted by Crippen LogP contribution is -1.85. The van der Waals surface area contributed by atoms with Crippen LogP contribution in [-0.4, -0.2) is 19.9 Å². The molecule has 1 radical (unpaired) electrons. The fourth-order valence-corrected chi connectivity index (χ4v) is 1.54. The van der Waals surface area contributed by atoms with Gasteiger partial charge in [0.15, 0.2) is 5.82 Å². The van der Waals surface area contributed by atoms with Gasteiger partial charge in [0.05, 0.1) is 6.20 Å². The van der Waals surface area contributed by atoms with E-state index in [9.17, 15) is 0 Å². The Bertz CT molecular complexity index is 586. The van der Waals surface area contributed by atoms with Crippen molar-refractivity contribution in [3.8, 4) is 11.4 Å². The summed E-state index contributed by atoms with van der Waals surface area (Å²) in [5.41, 5.74) is 1.80. The van der Waals surface area contributed by atoms with Crippen LogP contribution in [0, 0.1) is 6.20 Å². The molecular formula is C11H7N4. The zero-order valence-electron chi connectivity index (χ0n) is 7.81. The number of hydrogen-bond donors (Lipinski definition) is 1. The third-order valence-electron chi connectivity index (χ3n) is 2.21. The number of nitrogens with zero attached hydrogens (tertiary/aromatic N) is 3. The lowest BCUT2D eigenvalue weighted by Gasteiger charge is -1.94. The van der Waals surface area contributed by atoms with Crippen LogP contribution in [0.25, 0.3) is 22.4 Å². The molecule has 1 N–H and O–H groups in total. The van der Waals surface area contributed by atoms with Crippen molar-refractivity contribution in [2.24, 2.45) is 0 Å². The summed E-state index contributed by atoms with van der Waals surface area (Å²) in [4.78, 5) is 15.6. The number of H-pyrrole nitrogens is 1. The van der Waals surface area contributed by atoms with E-state index in [1.54, 1.807) is 18.5 Å². The highest BCUT2D eigenvalue weighted by molar-refractivity contribution is 5.91. The maximum absolute atomic E-state index is 4.21. The third kappa shape index (κ3) is 1.27. The molecule has 0 unspecified atom stereocenters. The van der Waals surface area contributed by atoms with Crippen molar-refractivity contribution in [3.63, 3.8) is 0 Å². The van der Waals surface area contributed by atoms with Gasteiger partial charge in [0.1, 0.15) is 5.65 Å². The van der Waals surface area contributed by atoms with Gasteiger partial charge in [-0.25, -0.2) is 15.0 Å². The standard InChI is InChI=1S/C11H7N4/c1-3-8-9(7-15-10(8)12-4-1)11-13-5-2-6-14-11/h1-5,7H,(H,12,15). The molecule has 3 aromatic heterocycles. The zero-order chi connectivity index (χ0) is 10.1. The highest BCUT2D eigenvalue weighted by Gasteiger charge is 2.07.